The van der Waals surface area contributed by atoms with Gasteiger partial charge in [0.25, 0.3) is 6.71 Å². The second kappa shape index (κ2) is 14.3. The van der Waals surface area contributed by atoms with Crippen molar-refractivity contribution in [2.45, 2.75) is 175 Å². The topological polar surface area (TPSA) is 6.48 Å². The van der Waals surface area contributed by atoms with Crippen LogP contribution < -0.4 is 26.2 Å². The molecule has 0 bridgehead atoms. The summed E-state index contributed by atoms with van der Waals surface area (Å²) in [4.78, 5) is 4.99. The summed E-state index contributed by atoms with van der Waals surface area (Å²) in [5, 5.41) is 0. The minimum Gasteiger partial charge on any atom is -0.311 e. The number of hydrogen-bond acceptors (Lipinski definition) is 2. The van der Waals surface area contributed by atoms with Crippen molar-refractivity contribution in [1.29, 1.82) is 0 Å². The van der Waals surface area contributed by atoms with E-state index in [-0.39, 0.29) is 74.4 Å². The molecule has 0 saturated carbocycles. The van der Waals surface area contributed by atoms with Crippen LogP contribution in [-0.4, -0.2) is 6.71 Å². The first-order valence-electron chi connectivity index (χ1n) is 27.1. The van der Waals surface area contributed by atoms with E-state index in [1.165, 1.54) is 55.5 Å². The van der Waals surface area contributed by atoms with Gasteiger partial charge in [-0.3, -0.25) is 0 Å². The molecule has 0 unspecified atom stereocenters. The van der Waals surface area contributed by atoms with Gasteiger partial charge in [-0.25, -0.2) is 0 Å². The third kappa shape index (κ3) is 6.95. The molecule has 2 aliphatic heterocycles. The van der Waals surface area contributed by atoms with Crippen molar-refractivity contribution in [1.82, 2.24) is 0 Å². The van der Waals surface area contributed by atoms with Crippen LogP contribution in [0, 0.1) is 0 Å². The quantitative estimate of drug-likeness (QED) is 0.163. The van der Waals surface area contributed by atoms with Gasteiger partial charge in [0, 0.05) is 34.0 Å². The zero-order valence-corrected chi connectivity index (χ0v) is 43.1. The van der Waals surface area contributed by atoms with E-state index in [0.717, 1.165) is 53.3 Å². The second-order valence-electron chi connectivity index (χ2n) is 26.2. The second-order valence-corrected chi connectivity index (χ2v) is 26.2. The van der Waals surface area contributed by atoms with Crippen LogP contribution in [0.3, 0.4) is 0 Å². The average Bonchev–Trinajstić information content (AvgIpc) is 3.46. The van der Waals surface area contributed by atoms with Crippen LogP contribution in [0.25, 0.3) is 11.1 Å². The molecule has 0 saturated heterocycles. The van der Waals surface area contributed by atoms with Gasteiger partial charge >= 0.3 is 0 Å². The van der Waals surface area contributed by atoms with Gasteiger partial charge in [0.2, 0.25) is 0 Å². The van der Waals surface area contributed by atoms with Crippen molar-refractivity contribution in [3.05, 3.63) is 148 Å². The van der Waals surface area contributed by atoms with E-state index in [0.29, 0.717) is 5.56 Å². The Morgan fingerprint density at radius 2 is 0.970 bits per heavy atom. The third-order valence-corrected chi connectivity index (χ3v) is 16.2. The maximum atomic E-state index is 9.46. The highest BCUT2D eigenvalue weighted by Crippen LogP contribution is 2.55. The molecule has 3 heteroatoms. The molecule has 6 aromatic rings. The highest BCUT2D eigenvalue weighted by atomic mass is 15.2. The van der Waals surface area contributed by atoms with E-state index in [4.69, 9.17) is 4.11 Å². The number of fused-ring (bicyclic) bond motifs is 6. The van der Waals surface area contributed by atoms with Crippen LogP contribution >= 0.6 is 0 Å². The van der Waals surface area contributed by atoms with Gasteiger partial charge in [-0.05, 0) is 167 Å². The van der Waals surface area contributed by atoms with Crippen molar-refractivity contribution in [2.75, 3.05) is 9.80 Å². The fraction of sp³-hybridized carbons (Fsp3) is 0.429. The van der Waals surface area contributed by atoms with Crippen molar-refractivity contribution < 1.29 is 6.85 Å². The fourth-order valence-electron chi connectivity index (χ4n) is 12.4. The van der Waals surface area contributed by atoms with Crippen LogP contribution in [0.2, 0.25) is 0 Å². The van der Waals surface area contributed by atoms with Crippen LogP contribution in [0.1, 0.15) is 183 Å². The van der Waals surface area contributed by atoms with Gasteiger partial charge in [-0.1, -0.05) is 178 Å². The molecule has 0 radical (unpaired) electrons. The molecule has 0 spiro atoms. The molecule has 6 aromatic carbocycles. The number of benzene rings is 6. The molecule has 2 nitrogen and oxygen atoms in total. The number of hydrogen-bond donors (Lipinski definition) is 0. The van der Waals surface area contributed by atoms with E-state index in [1.54, 1.807) is 0 Å². The van der Waals surface area contributed by atoms with E-state index >= 15 is 0 Å². The van der Waals surface area contributed by atoms with Crippen LogP contribution in [-0.2, 0) is 37.9 Å². The monoisotopic (exact) mass is 876 g/mol. The van der Waals surface area contributed by atoms with Gasteiger partial charge in [0.05, 0.1) is 12.5 Å². The summed E-state index contributed by atoms with van der Waals surface area (Å²) in [7, 11) is 0. The predicted octanol–water partition coefficient (Wildman–Crippen LogP) is 15.6. The van der Waals surface area contributed by atoms with Crippen molar-refractivity contribution in [3.8, 4) is 11.1 Å². The standard InChI is InChI=1S/C63H75BN2/c1-57(2,3)40-23-27-51(44(31-40)39-21-19-18-20-22-39)66-52-28-24-41(58(4,5)6)32-49(52)64-50-36-47-48(61(12,13)30-29-60(47,10)11)37-53(50)65(54-33-42(59(7,8)9)34-55(66)56(54)64)43-25-26-45-46(35-43)63(16,17)38-62(45,14)15/h18-28,31-37H,29-30,38H2,1-17H3/i18D,19D,20D,21D,22D. The average molecular weight is 876 g/mol. The highest BCUT2D eigenvalue weighted by molar-refractivity contribution is 7.00. The summed E-state index contributed by atoms with van der Waals surface area (Å²) < 4.78 is 45.4. The van der Waals surface area contributed by atoms with E-state index in [1.807, 2.05) is 0 Å². The normalized spacial score (nSPS) is 19.7. The zero-order chi connectivity index (χ0) is 51.8. The smallest absolute Gasteiger partial charge is 0.252 e. The fourth-order valence-corrected chi connectivity index (χ4v) is 12.4. The van der Waals surface area contributed by atoms with Gasteiger partial charge in [-0.15, -0.1) is 0 Å². The predicted molar refractivity (Wildman–Crippen MR) is 288 cm³/mol. The lowest BCUT2D eigenvalue weighted by atomic mass is 9.32. The molecular weight excluding hydrogens is 796 g/mol. The van der Waals surface area contributed by atoms with Crippen LogP contribution in [0.5, 0.6) is 0 Å². The Kier molecular flexibility index (Phi) is 8.43. The number of rotatable bonds is 3. The minimum atomic E-state index is -0.392. The summed E-state index contributed by atoms with van der Waals surface area (Å²) in [5.74, 6) is 0. The Hall–Kier alpha value is -5.02. The summed E-state index contributed by atoms with van der Waals surface area (Å²) in [6.07, 6.45) is 3.30. The molecule has 2 aliphatic carbocycles. The molecule has 2 heterocycles. The van der Waals surface area contributed by atoms with E-state index < -0.39 is 6.04 Å². The Bertz CT molecular complexity index is 3230. The molecule has 66 heavy (non-hydrogen) atoms. The molecule has 0 N–H and O–H groups in total. The van der Waals surface area contributed by atoms with Gasteiger partial charge < -0.3 is 9.80 Å². The lowest BCUT2D eigenvalue weighted by Crippen LogP contribution is -2.62. The van der Waals surface area contributed by atoms with Gasteiger partial charge in [0.1, 0.15) is 0 Å². The lowest BCUT2D eigenvalue weighted by molar-refractivity contribution is 0.332. The lowest BCUT2D eigenvalue weighted by Gasteiger charge is -2.48. The minimum absolute atomic E-state index is 0.0112. The van der Waals surface area contributed by atoms with Gasteiger partial charge in [0.15, 0.2) is 0 Å². The first-order valence-corrected chi connectivity index (χ1v) is 24.6. The highest BCUT2D eigenvalue weighted by Gasteiger charge is 2.48. The largest absolute Gasteiger partial charge is 0.311 e. The summed E-state index contributed by atoms with van der Waals surface area (Å²) in [5.41, 5.74) is 19.4. The SMILES string of the molecule is [2H]c1c([2H])c([2H])c(-c2cc(C(C)(C)C)ccc2N2c3ccc(C(C)(C)C)cc3B3c4cc5c(cc4N(c4ccc6c(c4)C(C)(C)CC6(C)C)c4cc(C(C)(C)C)cc2c43)C(C)(C)CCC5(C)C)c([2H])c1[2H]. The van der Waals surface area contributed by atoms with Crippen molar-refractivity contribution in [2.24, 2.45) is 0 Å². The molecule has 0 amide bonds. The first-order chi connectivity index (χ1) is 32.7. The van der Waals surface area contributed by atoms with E-state index in [2.05, 4.69) is 206 Å². The first kappa shape index (κ1) is 39.0. The van der Waals surface area contributed by atoms with Crippen LogP contribution in [0.4, 0.5) is 34.1 Å². The molecule has 0 atom stereocenters. The molecule has 340 valence electrons. The summed E-state index contributed by atoms with van der Waals surface area (Å²) in [6.45, 7) is 39.5. The number of anilines is 6. The Morgan fingerprint density at radius 3 is 1.58 bits per heavy atom. The maximum Gasteiger partial charge on any atom is 0.252 e. The summed E-state index contributed by atoms with van der Waals surface area (Å²) in [6, 6.07) is 29.3. The Morgan fingerprint density at radius 1 is 0.455 bits per heavy atom. The zero-order valence-electron chi connectivity index (χ0n) is 48.1. The maximum absolute atomic E-state index is 9.46. The molecule has 4 aliphatic rings. The molecule has 0 aromatic heterocycles. The van der Waals surface area contributed by atoms with E-state index in [9.17, 15) is 2.74 Å². The number of nitrogens with zero attached hydrogens (tertiary/aromatic N) is 2. The molecule has 10 rings (SSSR count). The Balaban J connectivity index is 1.39. The van der Waals surface area contributed by atoms with Crippen molar-refractivity contribution in [3.63, 3.8) is 0 Å². The van der Waals surface area contributed by atoms with Crippen LogP contribution in [0.15, 0.2) is 109 Å². The summed E-state index contributed by atoms with van der Waals surface area (Å²) >= 11 is 0. The van der Waals surface area contributed by atoms with Gasteiger partial charge in [-0.2, -0.15) is 0 Å². The third-order valence-electron chi connectivity index (χ3n) is 16.2. The van der Waals surface area contributed by atoms with Crippen molar-refractivity contribution >= 4 is 57.2 Å². The molecular formula is C63H75BN2. The Labute approximate surface area is 406 Å². The molecule has 0 fully saturated rings.